The van der Waals surface area contributed by atoms with Crippen molar-refractivity contribution in [3.63, 3.8) is 0 Å². The Balaban J connectivity index is 0.00000162. The lowest BCUT2D eigenvalue weighted by molar-refractivity contribution is 0.350. The first-order valence-corrected chi connectivity index (χ1v) is 7.18. The SMILES string of the molecule is CCNC(=NCC1(C)CCCC1)NC1CC1C.I. The highest BCUT2D eigenvalue weighted by molar-refractivity contribution is 14.0. The predicted molar refractivity (Wildman–Crippen MR) is 88.7 cm³/mol. The minimum absolute atomic E-state index is 0. The number of nitrogens with one attached hydrogen (secondary N) is 2. The van der Waals surface area contributed by atoms with Gasteiger partial charge in [0, 0.05) is 19.1 Å². The molecule has 18 heavy (non-hydrogen) atoms. The van der Waals surface area contributed by atoms with Crippen LogP contribution >= 0.6 is 24.0 Å². The zero-order chi connectivity index (χ0) is 12.3. The van der Waals surface area contributed by atoms with Crippen LogP contribution in [0.3, 0.4) is 0 Å². The molecular formula is C14H28IN3. The van der Waals surface area contributed by atoms with Crippen LogP contribution in [0.4, 0.5) is 0 Å². The zero-order valence-electron chi connectivity index (χ0n) is 12.0. The van der Waals surface area contributed by atoms with Gasteiger partial charge in [-0.15, -0.1) is 24.0 Å². The summed E-state index contributed by atoms with van der Waals surface area (Å²) in [7, 11) is 0. The second kappa shape index (κ2) is 6.96. The molecule has 0 aliphatic heterocycles. The first-order chi connectivity index (χ1) is 8.13. The molecule has 106 valence electrons. The quantitative estimate of drug-likeness (QED) is 0.456. The van der Waals surface area contributed by atoms with Crippen molar-refractivity contribution in [1.29, 1.82) is 0 Å². The molecule has 0 amide bonds. The highest BCUT2D eigenvalue weighted by Gasteiger charge is 2.33. The number of nitrogens with zero attached hydrogens (tertiary/aromatic N) is 1. The van der Waals surface area contributed by atoms with Gasteiger partial charge in [0.2, 0.25) is 0 Å². The first-order valence-electron chi connectivity index (χ1n) is 7.18. The summed E-state index contributed by atoms with van der Waals surface area (Å²) in [5.41, 5.74) is 0.456. The molecule has 2 aliphatic carbocycles. The van der Waals surface area contributed by atoms with Crippen LogP contribution in [-0.2, 0) is 0 Å². The highest BCUT2D eigenvalue weighted by atomic mass is 127. The van der Waals surface area contributed by atoms with Gasteiger partial charge in [-0.2, -0.15) is 0 Å². The summed E-state index contributed by atoms with van der Waals surface area (Å²) in [6, 6.07) is 0.657. The second-order valence-corrected chi connectivity index (χ2v) is 6.18. The van der Waals surface area contributed by atoms with Crippen molar-refractivity contribution in [3.8, 4) is 0 Å². The van der Waals surface area contributed by atoms with Crippen LogP contribution in [0.25, 0.3) is 0 Å². The van der Waals surface area contributed by atoms with Crippen molar-refractivity contribution in [2.24, 2.45) is 16.3 Å². The highest BCUT2D eigenvalue weighted by Crippen LogP contribution is 2.37. The molecule has 2 atom stereocenters. The molecule has 2 fully saturated rings. The largest absolute Gasteiger partial charge is 0.357 e. The molecule has 2 aliphatic rings. The maximum Gasteiger partial charge on any atom is 0.191 e. The number of hydrogen-bond donors (Lipinski definition) is 2. The Bertz CT molecular complexity index is 285. The van der Waals surface area contributed by atoms with Gasteiger partial charge in [0.05, 0.1) is 0 Å². The third-order valence-corrected chi connectivity index (χ3v) is 4.21. The van der Waals surface area contributed by atoms with E-state index in [1.165, 1.54) is 32.1 Å². The summed E-state index contributed by atoms with van der Waals surface area (Å²) in [4.78, 5) is 4.78. The lowest BCUT2D eigenvalue weighted by atomic mass is 9.89. The molecule has 0 bridgehead atoms. The van der Waals surface area contributed by atoms with Gasteiger partial charge in [-0.1, -0.05) is 26.7 Å². The van der Waals surface area contributed by atoms with Gasteiger partial charge in [0.1, 0.15) is 0 Å². The molecule has 0 heterocycles. The minimum Gasteiger partial charge on any atom is -0.357 e. The van der Waals surface area contributed by atoms with Gasteiger partial charge >= 0.3 is 0 Å². The first kappa shape index (κ1) is 16.1. The zero-order valence-corrected chi connectivity index (χ0v) is 14.3. The standard InChI is InChI=1S/C14H27N3.HI/c1-4-15-13(17-12-9-11(12)2)16-10-14(3)7-5-6-8-14;/h11-12H,4-10H2,1-3H3,(H2,15,16,17);1H. The Labute approximate surface area is 129 Å². The van der Waals surface area contributed by atoms with Gasteiger partial charge in [0.15, 0.2) is 5.96 Å². The molecule has 2 N–H and O–H groups in total. The molecule has 4 heteroatoms. The van der Waals surface area contributed by atoms with Crippen LogP contribution in [0.5, 0.6) is 0 Å². The minimum atomic E-state index is 0. The lowest BCUT2D eigenvalue weighted by Gasteiger charge is -2.21. The summed E-state index contributed by atoms with van der Waals surface area (Å²) in [5, 5.41) is 6.88. The number of hydrogen-bond acceptors (Lipinski definition) is 1. The second-order valence-electron chi connectivity index (χ2n) is 6.18. The Hall–Kier alpha value is 0. The fraction of sp³-hybridized carbons (Fsp3) is 0.929. The fourth-order valence-electron chi connectivity index (χ4n) is 2.68. The molecular weight excluding hydrogens is 337 g/mol. The molecule has 0 spiro atoms. The molecule has 0 aromatic carbocycles. The van der Waals surface area contributed by atoms with Crippen LogP contribution in [0, 0.1) is 11.3 Å². The van der Waals surface area contributed by atoms with Gasteiger partial charge in [-0.3, -0.25) is 4.99 Å². The monoisotopic (exact) mass is 365 g/mol. The van der Waals surface area contributed by atoms with Crippen molar-refractivity contribution in [3.05, 3.63) is 0 Å². The van der Waals surface area contributed by atoms with E-state index < -0.39 is 0 Å². The fourth-order valence-corrected chi connectivity index (χ4v) is 2.68. The molecule has 3 nitrogen and oxygen atoms in total. The van der Waals surface area contributed by atoms with E-state index in [1.54, 1.807) is 0 Å². The summed E-state index contributed by atoms with van der Waals surface area (Å²) >= 11 is 0. The normalized spacial score (nSPS) is 29.6. The number of aliphatic imine (C=N–C) groups is 1. The predicted octanol–water partition coefficient (Wildman–Crippen LogP) is 3.15. The van der Waals surface area contributed by atoms with E-state index in [2.05, 4.69) is 31.4 Å². The topological polar surface area (TPSA) is 36.4 Å². The van der Waals surface area contributed by atoms with Crippen LogP contribution < -0.4 is 10.6 Å². The van der Waals surface area contributed by atoms with E-state index in [0.717, 1.165) is 25.0 Å². The van der Waals surface area contributed by atoms with Crippen LogP contribution in [0.2, 0.25) is 0 Å². The van der Waals surface area contributed by atoms with Gasteiger partial charge in [-0.05, 0) is 37.5 Å². The van der Waals surface area contributed by atoms with E-state index in [1.807, 2.05) is 0 Å². The molecule has 2 saturated carbocycles. The molecule has 2 rings (SSSR count). The molecule has 0 aromatic heterocycles. The third-order valence-electron chi connectivity index (χ3n) is 4.21. The van der Waals surface area contributed by atoms with Gasteiger partial charge < -0.3 is 10.6 Å². The van der Waals surface area contributed by atoms with E-state index in [9.17, 15) is 0 Å². The average Bonchev–Trinajstić information content (AvgIpc) is 2.80. The van der Waals surface area contributed by atoms with Gasteiger partial charge in [-0.25, -0.2) is 0 Å². The van der Waals surface area contributed by atoms with Crippen LogP contribution in [0.15, 0.2) is 4.99 Å². The van der Waals surface area contributed by atoms with E-state index in [-0.39, 0.29) is 24.0 Å². The molecule has 2 unspecified atom stereocenters. The molecule has 0 radical (unpaired) electrons. The van der Waals surface area contributed by atoms with Gasteiger partial charge in [0.25, 0.3) is 0 Å². The summed E-state index contributed by atoms with van der Waals surface area (Å²) in [6.45, 7) is 8.73. The van der Waals surface area contributed by atoms with Crippen molar-refractivity contribution in [1.82, 2.24) is 10.6 Å². The van der Waals surface area contributed by atoms with Crippen molar-refractivity contribution in [2.45, 2.75) is 58.9 Å². The Kier molecular flexibility index (Phi) is 6.21. The van der Waals surface area contributed by atoms with Crippen molar-refractivity contribution >= 4 is 29.9 Å². The Morgan fingerprint density at radius 1 is 1.33 bits per heavy atom. The Morgan fingerprint density at radius 3 is 2.44 bits per heavy atom. The summed E-state index contributed by atoms with van der Waals surface area (Å²) in [6.07, 6.45) is 6.75. The van der Waals surface area contributed by atoms with Crippen molar-refractivity contribution in [2.75, 3.05) is 13.1 Å². The average molecular weight is 365 g/mol. The maximum absolute atomic E-state index is 4.78. The van der Waals surface area contributed by atoms with E-state index >= 15 is 0 Å². The van der Waals surface area contributed by atoms with Crippen molar-refractivity contribution < 1.29 is 0 Å². The molecule has 0 saturated heterocycles. The Morgan fingerprint density at radius 2 is 1.94 bits per heavy atom. The molecule has 0 aromatic rings. The number of halogens is 1. The number of rotatable bonds is 4. The smallest absolute Gasteiger partial charge is 0.191 e. The summed E-state index contributed by atoms with van der Waals surface area (Å²) in [5.74, 6) is 1.84. The van der Waals surface area contributed by atoms with Crippen LogP contribution in [-0.4, -0.2) is 25.1 Å². The summed E-state index contributed by atoms with van der Waals surface area (Å²) < 4.78 is 0. The van der Waals surface area contributed by atoms with Crippen LogP contribution in [0.1, 0.15) is 52.9 Å². The maximum atomic E-state index is 4.78. The van der Waals surface area contributed by atoms with E-state index in [0.29, 0.717) is 11.5 Å². The van der Waals surface area contributed by atoms with E-state index in [4.69, 9.17) is 4.99 Å². The third kappa shape index (κ3) is 4.59. The lowest BCUT2D eigenvalue weighted by Crippen LogP contribution is -2.39. The number of guanidine groups is 1.